The highest BCUT2D eigenvalue weighted by Gasteiger charge is 2.29. The number of rotatable bonds is 13. The van der Waals surface area contributed by atoms with E-state index in [0.29, 0.717) is 34.3 Å². The molecule has 8 nitrogen and oxygen atoms in total. The Bertz CT molecular complexity index is 2020. The van der Waals surface area contributed by atoms with Gasteiger partial charge in [-0.15, -0.1) is 0 Å². The second kappa shape index (κ2) is 15.0. The molecule has 3 aromatic carbocycles. The zero-order valence-electron chi connectivity index (χ0n) is 29.5. The summed E-state index contributed by atoms with van der Waals surface area (Å²) in [6.07, 6.45) is 5.21. The predicted molar refractivity (Wildman–Crippen MR) is 207 cm³/mol. The number of nitrogens with one attached hydrogen (secondary N) is 3. The number of hydrogen-bond acceptors (Lipinski definition) is 4. The first-order valence-electron chi connectivity index (χ1n) is 16.8. The number of amides is 1. The molecule has 0 saturated heterocycles. The summed E-state index contributed by atoms with van der Waals surface area (Å²) in [7, 11) is 0. The van der Waals surface area contributed by atoms with Gasteiger partial charge in [0.15, 0.2) is 17.6 Å². The number of anilines is 3. The topological polar surface area (TPSA) is 93.1 Å². The van der Waals surface area contributed by atoms with Gasteiger partial charge >= 0.3 is 0 Å². The van der Waals surface area contributed by atoms with Gasteiger partial charge in [-0.3, -0.25) is 14.7 Å². The first-order chi connectivity index (χ1) is 23.7. The molecule has 0 aliphatic heterocycles. The van der Waals surface area contributed by atoms with E-state index in [-0.39, 0.29) is 38.0 Å². The largest absolute Gasteiger partial charge is 0.480 e. The van der Waals surface area contributed by atoms with Crippen molar-refractivity contribution in [3.05, 3.63) is 116 Å². The number of H-pyrrole nitrogens is 1. The fraction of sp³-hybridized carbons (Fsp3) is 0.333. The minimum absolute atomic E-state index is 0.0198. The molecule has 5 aromatic rings. The molecule has 0 fully saturated rings. The Morgan fingerprint density at radius 1 is 0.840 bits per heavy atom. The van der Waals surface area contributed by atoms with Crippen LogP contribution in [0.1, 0.15) is 78.9 Å². The van der Waals surface area contributed by atoms with Crippen LogP contribution in [0, 0.1) is 0 Å². The molecule has 3 N–H and O–H groups in total. The third-order valence-corrected chi connectivity index (χ3v) is 10.3. The number of aromatic amines is 1. The maximum atomic E-state index is 13.8. The molecule has 0 bridgehead atoms. The van der Waals surface area contributed by atoms with Crippen molar-refractivity contribution in [2.24, 2.45) is 0 Å². The summed E-state index contributed by atoms with van der Waals surface area (Å²) in [4.78, 5) is 27.5. The summed E-state index contributed by atoms with van der Waals surface area (Å²) in [5.41, 5.74) is 3.59. The van der Waals surface area contributed by atoms with Crippen LogP contribution in [0.3, 0.4) is 0 Å². The maximum absolute atomic E-state index is 13.8. The van der Waals surface area contributed by atoms with E-state index < -0.39 is 6.10 Å². The number of carbonyl (C=O) groups is 1. The number of carbonyl (C=O) groups excluding carboxylic acids is 1. The monoisotopic (exact) mass is 735 g/mol. The third kappa shape index (κ3) is 7.78. The van der Waals surface area contributed by atoms with Gasteiger partial charge in [0, 0.05) is 34.4 Å². The first kappa shape index (κ1) is 37.2. The van der Waals surface area contributed by atoms with Crippen LogP contribution >= 0.6 is 34.8 Å². The average molecular weight is 737 g/mol. The Morgan fingerprint density at radius 3 is 2.10 bits per heavy atom. The number of aromatic nitrogens is 3. The molecule has 0 saturated carbocycles. The lowest BCUT2D eigenvalue weighted by Crippen LogP contribution is -2.33. The van der Waals surface area contributed by atoms with Crippen molar-refractivity contribution in [1.82, 2.24) is 14.3 Å². The van der Waals surface area contributed by atoms with Crippen LogP contribution in [0.2, 0.25) is 15.1 Å². The summed E-state index contributed by atoms with van der Waals surface area (Å²) in [5.74, 6) is 0.839. The Balaban J connectivity index is 1.42. The van der Waals surface area contributed by atoms with E-state index in [1.165, 1.54) is 22.4 Å². The van der Waals surface area contributed by atoms with Gasteiger partial charge in [0.1, 0.15) is 11.4 Å². The fourth-order valence-corrected chi connectivity index (χ4v) is 6.62. The minimum Gasteiger partial charge on any atom is -0.480 e. The van der Waals surface area contributed by atoms with Gasteiger partial charge in [-0.2, -0.15) is 0 Å². The highest BCUT2D eigenvalue weighted by molar-refractivity contribution is 6.40. The average Bonchev–Trinajstić information content (AvgIpc) is 3.71. The van der Waals surface area contributed by atoms with E-state index in [9.17, 15) is 9.59 Å². The standard InChI is InChI=1S/C39H44Cl3N5O3/c1-8-31(50-32-17-16-24(38(4,5)9-2)20-28(32)39(6,7)10-3)36(48)44-27-15-13-14-26(23-27)43-35-34(46-18-11-12-19-46)37(49)47(45-35)33-29(41)21-25(40)22-30(33)42/h11-23,31,43,45H,8-10H2,1-7H3,(H,44,48). The normalized spacial score (nSPS) is 12.5. The highest BCUT2D eigenvalue weighted by Crippen LogP contribution is 2.39. The molecule has 1 amide bonds. The Kier molecular flexibility index (Phi) is 11.2. The van der Waals surface area contributed by atoms with Crippen molar-refractivity contribution in [2.75, 3.05) is 10.6 Å². The molecule has 5 rings (SSSR count). The molecule has 264 valence electrons. The van der Waals surface area contributed by atoms with Crippen LogP contribution in [0.4, 0.5) is 17.2 Å². The molecule has 2 aromatic heterocycles. The van der Waals surface area contributed by atoms with Crippen LogP contribution in [-0.4, -0.2) is 26.4 Å². The SMILES string of the molecule is CCC(Oc1ccc(C(C)(C)CC)cc1C(C)(C)CC)C(=O)Nc1cccc(Nc2[nH]n(-c3c(Cl)cc(Cl)cc3Cl)c(=O)c2-n2cccc2)c1. The molecule has 0 spiro atoms. The molecule has 2 heterocycles. The van der Waals surface area contributed by atoms with E-state index in [1.54, 1.807) is 29.1 Å². The summed E-state index contributed by atoms with van der Waals surface area (Å²) >= 11 is 19.1. The van der Waals surface area contributed by atoms with E-state index in [2.05, 4.69) is 69.4 Å². The van der Waals surface area contributed by atoms with Crippen LogP contribution < -0.4 is 20.9 Å². The van der Waals surface area contributed by atoms with Gasteiger partial charge in [-0.05, 0) is 84.2 Å². The molecule has 50 heavy (non-hydrogen) atoms. The minimum atomic E-state index is -0.720. The van der Waals surface area contributed by atoms with Crippen LogP contribution in [0.15, 0.2) is 83.9 Å². The number of ether oxygens (including phenoxy) is 1. The van der Waals surface area contributed by atoms with Crippen molar-refractivity contribution < 1.29 is 9.53 Å². The zero-order chi connectivity index (χ0) is 36.4. The zero-order valence-corrected chi connectivity index (χ0v) is 31.7. The second-order valence-electron chi connectivity index (χ2n) is 13.7. The van der Waals surface area contributed by atoms with E-state index in [0.717, 1.165) is 24.2 Å². The van der Waals surface area contributed by atoms with Gasteiger partial charge in [0.05, 0.1) is 10.0 Å². The summed E-state index contributed by atoms with van der Waals surface area (Å²) < 4.78 is 9.45. The number of halogens is 3. The molecular formula is C39H44Cl3N5O3. The van der Waals surface area contributed by atoms with Crippen LogP contribution in [0.5, 0.6) is 5.75 Å². The lowest BCUT2D eigenvalue weighted by molar-refractivity contribution is -0.122. The molecule has 0 radical (unpaired) electrons. The maximum Gasteiger partial charge on any atom is 0.297 e. The molecule has 11 heteroatoms. The second-order valence-corrected chi connectivity index (χ2v) is 14.9. The number of nitrogens with zero attached hydrogens (tertiary/aromatic N) is 2. The first-order valence-corrected chi connectivity index (χ1v) is 17.9. The molecule has 1 unspecified atom stereocenters. The summed E-state index contributed by atoms with van der Waals surface area (Å²) in [6, 6.07) is 20.3. The lowest BCUT2D eigenvalue weighted by Gasteiger charge is -2.31. The van der Waals surface area contributed by atoms with E-state index in [4.69, 9.17) is 39.5 Å². The van der Waals surface area contributed by atoms with Crippen LogP contribution in [0.25, 0.3) is 11.4 Å². The molecule has 0 aliphatic carbocycles. The third-order valence-electron chi connectivity index (χ3n) is 9.52. The summed E-state index contributed by atoms with van der Waals surface area (Å²) in [6.45, 7) is 15.2. The molecular weight excluding hydrogens is 693 g/mol. The molecule has 0 aliphatic rings. The van der Waals surface area contributed by atoms with Gasteiger partial charge in [0.2, 0.25) is 0 Å². The Morgan fingerprint density at radius 2 is 1.48 bits per heavy atom. The molecule has 1 atom stereocenters. The fourth-order valence-electron chi connectivity index (χ4n) is 5.64. The smallest absolute Gasteiger partial charge is 0.297 e. The Hall–Kier alpha value is -4.11. The quantitative estimate of drug-likeness (QED) is 0.112. The van der Waals surface area contributed by atoms with Gasteiger partial charge in [-0.25, -0.2) is 4.68 Å². The summed E-state index contributed by atoms with van der Waals surface area (Å²) in [5, 5.41) is 10.2. The van der Waals surface area contributed by atoms with E-state index >= 15 is 0 Å². The highest BCUT2D eigenvalue weighted by atomic mass is 35.5. The van der Waals surface area contributed by atoms with Crippen LogP contribution in [-0.2, 0) is 15.6 Å². The van der Waals surface area contributed by atoms with Gasteiger partial charge in [-0.1, -0.05) is 101 Å². The van der Waals surface area contributed by atoms with Crippen molar-refractivity contribution in [3.63, 3.8) is 0 Å². The number of hydrogen-bond donors (Lipinski definition) is 3. The van der Waals surface area contributed by atoms with Crippen molar-refractivity contribution in [1.29, 1.82) is 0 Å². The number of benzene rings is 3. The van der Waals surface area contributed by atoms with Gasteiger partial charge in [0.25, 0.3) is 11.5 Å². The van der Waals surface area contributed by atoms with E-state index in [1.807, 2.05) is 37.3 Å². The lowest BCUT2D eigenvalue weighted by atomic mass is 9.76. The van der Waals surface area contributed by atoms with Crippen molar-refractivity contribution in [3.8, 4) is 17.1 Å². The van der Waals surface area contributed by atoms with Gasteiger partial charge < -0.3 is 19.9 Å². The van der Waals surface area contributed by atoms with Crippen molar-refractivity contribution >= 4 is 57.9 Å². The predicted octanol–water partition coefficient (Wildman–Crippen LogP) is 10.8. The van der Waals surface area contributed by atoms with Crippen molar-refractivity contribution in [2.45, 2.75) is 84.7 Å². The Labute approximate surface area is 308 Å².